The molecule has 29 heavy (non-hydrogen) atoms. The van der Waals surface area contributed by atoms with E-state index in [2.05, 4.69) is 67.3 Å². The van der Waals surface area contributed by atoms with Gasteiger partial charge >= 0.3 is 0 Å². The van der Waals surface area contributed by atoms with E-state index in [1.807, 2.05) is 0 Å². The average Bonchev–Trinajstić information content (AvgIpc) is 3.14. The van der Waals surface area contributed by atoms with E-state index in [0.717, 1.165) is 24.4 Å². The van der Waals surface area contributed by atoms with Crippen molar-refractivity contribution in [1.82, 2.24) is 4.98 Å². The number of aromatic nitrogens is 1. The minimum absolute atomic E-state index is 0.310. The second-order valence-corrected chi connectivity index (χ2v) is 19.2. The van der Waals surface area contributed by atoms with E-state index in [1.165, 1.54) is 0 Å². The molecule has 168 valence electrons. The first-order valence-electron chi connectivity index (χ1n) is 11.3. The molecule has 0 saturated carbocycles. The average molecular weight is 442 g/mol. The molecule has 0 saturated heterocycles. The predicted molar refractivity (Wildman–Crippen MR) is 124 cm³/mol. The number of hydrogen-bond acceptors (Lipinski definition) is 5. The summed E-state index contributed by atoms with van der Waals surface area (Å²) in [7, 11) is -3.83. The van der Waals surface area contributed by atoms with Crippen molar-refractivity contribution >= 4 is 22.9 Å². The van der Waals surface area contributed by atoms with Gasteiger partial charge in [0.1, 0.15) is 24.9 Å². The molecule has 1 atom stereocenters. The van der Waals surface area contributed by atoms with Crippen molar-refractivity contribution in [2.75, 3.05) is 0 Å². The molecule has 0 aliphatic carbocycles. The molecule has 0 aliphatic rings. The summed E-state index contributed by atoms with van der Waals surface area (Å²) < 4.78 is 18.9. The van der Waals surface area contributed by atoms with Crippen molar-refractivity contribution in [3.63, 3.8) is 0 Å². The SMILES string of the molecule is CC[Si](CC)(CC)O[C@H](CC=O)c1coc(CO[Si](C(C)C)(C(C)C)C(C)C)n1. The van der Waals surface area contributed by atoms with Gasteiger partial charge in [0.05, 0.1) is 6.10 Å². The van der Waals surface area contributed by atoms with Crippen LogP contribution in [0.15, 0.2) is 10.7 Å². The van der Waals surface area contributed by atoms with Crippen molar-refractivity contribution in [3.8, 4) is 0 Å². The van der Waals surface area contributed by atoms with E-state index >= 15 is 0 Å². The van der Waals surface area contributed by atoms with Crippen LogP contribution in [0, 0.1) is 0 Å². The van der Waals surface area contributed by atoms with Gasteiger partial charge in [0.15, 0.2) is 8.32 Å². The van der Waals surface area contributed by atoms with Gasteiger partial charge in [-0.3, -0.25) is 0 Å². The summed E-state index contributed by atoms with van der Waals surface area (Å²) in [6, 6.07) is 3.11. The first-order valence-corrected chi connectivity index (χ1v) is 16.0. The molecule has 1 rings (SSSR count). The fourth-order valence-corrected chi connectivity index (χ4v) is 13.0. The minimum Gasteiger partial charge on any atom is -0.446 e. The Morgan fingerprint density at radius 1 is 1.00 bits per heavy atom. The highest BCUT2D eigenvalue weighted by molar-refractivity contribution is 6.77. The Labute approximate surface area is 180 Å². The van der Waals surface area contributed by atoms with Crippen molar-refractivity contribution in [2.24, 2.45) is 0 Å². The Balaban J connectivity index is 3.02. The Bertz CT molecular complexity index is 582. The van der Waals surface area contributed by atoms with Gasteiger partial charge in [0.25, 0.3) is 0 Å². The van der Waals surface area contributed by atoms with Gasteiger partial charge in [0, 0.05) is 6.42 Å². The number of nitrogens with zero attached hydrogens (tertiary/aromatic N) is 1. The molecular weight excluding hydrogens is 398 g/mol. The Morgan fingerprint density at radius 2 is 1.52 bits per heavy atom. The van der Waals surface area contributed by atoms with Crippen LogP contribution in [0.4, 0.5) is 0 Å². The lowest BCUT2D eigenvalue weighted by Gasteiger charge is -2.41. The molecular formula is C22H43NO4Si2. The van der Waals surface area contributed by atoms with Gasteiger partial charge in [-0.15, -0.1) is 0 Å². The standard InChI is InChI=1S/C22H43NO4Si2/c1-10-28(11-2,12-3)27-21(13-14-24)20-15-25-22(23-20)16-26-29(17(4)5,18(6)7)19(8)9/h14-15,17-19,21H,10-13,16H2,1-9H3/t21-/m1/s1. The first-order chi connectivity index (χ1) is 13.6. The number of hydrogen-bond donors (Lipinski definition) is 0. The van der Waals surface area contributed by atoms with Crippen LogP contribution in [0.25, 0.3) is 0 Å². The zero-order chi connectivity index (χ0) is 22.2. The molecule has 1 aromatic heterocycles. The second-order valence-electron chi connectivity index (χ2n) is 9.02. The third-order valence-corrected chi connectivity index (χ3v) is 17.4. The summed E-state index contributed by atoms with van der Waals surface area (Å²) in [4.78, 5) is 16.0. The molecule has 0 aliphatic heterocycles. The van der Waals surface area contributed by atoms with Crippen LogP contribution in [0.3, 0.4) is 0 Å². The Morgan fingerprint density at radius 3 is 1.93 bits per heavy atom. The smallest absolute Gasteiger partial charge is 0.219 e. The molecule has 1 aromatic rings. The third-order valence-electron chi connectivity index (χ3n) is 6.69. The fraction of sp³-hybridized carbons (Fsp3) is 0.818. The van der Waals surface area contributed by atoms with Crippen LogP contribution in [0.1, 0.15) is 86.4 Å². The summed E-state index contributed by atoms with van der Waals surface area (Å²) in [5, 5.41) is 0. The lowest BCUT2D eigenvalue weighted by molar-refractivity contribution is -0.109. The summed E-state index contributed by atoms with van der Waals surface area (Å²) >= 11 is 0. The van der Waals surface area contributed by atoms with E-state index < -0.39 is 16.6 Å². The van der Waals surface area contributed by atoms with E-state index in [9.17, 15) is 4.79 Å². The third kappa shape index (κ3) is 6.12. The van der Waals surface area contributed by atoms with E-state index in [4.69, 9.17) is 13.3 Å². The van der Waals surface area contributed by atoms with Gasteiger partial charge in [-0.05, 0) is 34.8 Å². The molecule has 0 N–H and O–H groups in total. The molecule has 0 aromatic carbocycles. The molecule has 0 fully saturated rings. The van der Waals surface area contributed by atoms with Crippen LogP contribution in [0.2, 0.25) is 34.8 Å². The second kappa shape index (κ2) is 11.6. The lowest BCUT2D eigenvalue weighted by Crippen LogP contribution is -2.47. The van der Waals surface area contributed by atoms with Gasteiger partial charge in [-0.2, -0.15) is 0 Å². The maximum Gasteiger partial charge on any atom is 0.219 e. The Kier molecular flexibility index (Phi) is 10.5. The number of aldehydes is 1. The van der Waals surface area contributed by atoms with E-state index in [-0.39, 0.29) is 6.10 Å². The van der Waals surface area contributed by atoms with Gasteiger partial charge in [-0.1, -0.05) is 62.3 Å². The number of rotatable bonds is 14. The molecule has 0 unspecified atom stereocenters. The van der Waals surface area contributed by atoms with Gasteiger partial charge in [-0.25, -0.2) is 4.98 Å². The fourth-order valence-electron chi connectivity index (χ4n) is 4.84. The highest BCUT2D eigenvalue weighted by atomic mass is 28.4. The zero-order valence-corrected chi connectivity index (χ0v) is 22.1. The quantitative estimate of drug-likeness (QED) is 0.229. The van der Waals surface area contributed by atoms with E-state index in [1.54, 1.807) is 6.26 Å². The highest BCUT2D eigenvalue weighted by Gasteiger charge is 2.45. The van der Waals surface area contributed by atoms with Crippen LogP contribution >= 0.6 is 0 Å². The topological polar surface area (TPSA) is 61.6 Å². The number of oxazole rings is 1. The predicted octanol–water partition coefficient (Wildman–Crippen LogP) is 7.02. The number of carbonyl (C=O) groups is 1. The van der Waals surface area contributed by atoms with Gasteiger partial charge < -0.3 is 18.1 Å². The van der Waals surface area contributed by atoms with Crippen LogP contribution in [-0.4, -0.2) is 27.9 Å². The Hall–Kier alpha value is -0.766. The molecule has 0 radical (unpaired) electrons. The molecule has 1 heterocycles. The highest BCUT2D eigenvalue weighted by Crippen LogP contribution is 2.42. The maximum absolute atomic E-state index is 11.3. The van der Waals surface area contributed by atoms with E-state index in [0.29, 0.717) is 41.2 Å². The lowest BCUT2D eigenvalue weighted by atomic mass is 10.2. The summed E-state index contributed by atoms with van der Waals surface area (Å²) in [6.45, 7) is 20.6. The maximum atomic E-state index is 11.3. The molecule has 0 bridgehead atoms. The van der Waals surface area contributed by atoms with Crippen LogP contribution < -0.4 is 0 Å². The normalized spacial score (nSPS) is 14.2. The summed E-state index contributed by atoms with van der Waals surface area (Å²) in [5.74, 6) is 0.579. The zero-order valence-electron chi connectivity index (χ0n) is 20.1. The molecule has 5 nitrogen and oxygen atoms in total. The molecule has 7 heteroatoms. The molecule has 0 spiro atoms. The van der Waals surface area contributed by atoms with Crippen molar-refractivity contribution in [3.05, 3.63) is 17.8 Å². The molecule has 0 amide bonds. The van der Waals surface area contributed by atoms with Crippen LogP contribution in [-0.2, 0) is 20.3 Å². The number of carbonyl (C=O) groups excluding carboxylic acids is 1. The minimum atomic E-state index is -1.98. The van der Waals surface area contributed by atoms with Crippen molar-refractivity contribution < 1.29 is 18.1 Å². The summed E-state index contributed by atoms with van der Waals surface area (Å²) in [6.07, 6.45) is 2.56. The van der Waals surface area contributed by atoms with Crippen molar-refractivity contribution in [1.29, 1.82) is 0 Å². The van der Waals surface area contributed by atoms with Crippen LogP contribution in [0.5, 0.6) is 0 Å². The monoisotopic (exact) mass is 441 g/mol. The first kappa shape index (κ1) is 26.3. The van der Waals surface area contributed by atoms with Crippen molar-refractivity contribution in [2.45, 2.75) is 116 Å². The summed E-state index contributed by atoms with van der Waals surface area (Å²) in [5.41, 5.74) is 2.24. The van der Waals surface area contributed by atoms with Gasteiger partial charge in [0.2, 0.25) is 14.2 Å². The largest absolute Gasteiger partial charge is 0.446 e.